The van der Waals surface area contributed by atoms with Crippen molar-refractivity contribution in [3.63, 3.8) is 0 Å². The molecule has 1 aliphatic rings. The number of nitrogens with zero attached hydrogens (tertiary/aromatic N) is 2. The molecule has 6 heteroatoms. The zero-order valence-electron chi connectivity index (χ0n) is 11.1. The molecule has 1 N–H and O–H groups in total. The number of hydrogen-bond donors (Lipinski definition) is 1. The van der Waals surface area contributed by atoms with Crippen LogP contribution in [0.15, 0.2) is 18.3 Å². The third kappa shape index (κ3) is 4.10. The predicted octanol–water partition coefficient (Wildman–Crippen LogP) is 0.751. The van der Waals surface area contributed by atoms with Crippen molar-refractivity contribution in [1.82, 2.24) is 9.88 Å². The number of amides is 1. The number of carbonyl (C=O) groups is 1. The van der Waals surface area contributed by atoms with Gasteiger partial charge >= 0.3 is 0 Å². The summed E-state index contributed by atoms with van der Waals surface area (Å²) in [5, 5.41) is 3.06. The number of pyridine rings is 1. The highest BCUT2D eigenvalue weighted by molar-refractivity contribution is 5.80. The van der Waals surface area contributed by atoms with Gasteiger partial charge in [0.2, 0.25) is 11.8 Å². The number of morpholine rings is 1. The van der Waals surface area contributed by atoms with E-state index in [0.29, 0.717) is 38.8 Å². The van der Waals surface area contributed by atoms with E-state index in [4.69, 9.17) is 9.47 Å². The fourth-order valence-corrected chi connectivity index (χ4v) is 1.82. The number of rotatable bonds is 5. The summed E-state index contributed by atoms with van der Waals surface area (Å²) in [5.74, 6) is 0.671. The summed E-state index contributed by atoms with van der Waals surface area (Å²) in [6, 6.07) is 3.63. The van der Waals surface area contributed by atoms with Gasteiger partial charge in [-0.2, -0.15) is 0 Å². The summed E-state index contributed by atoms with van der Waals surface area (Å²) in [6.07, 6.45) is 1.66. The minimum atomic E-state index is 0.0807. The van der Waals surface area contributed by atoms with Crippen LogP contribution in [0.4, 0.5) is 5.69 Å². The summed E-state index contributed by atoms with van der Waals surface area (Å²) in [5.41, 5.74) is 0.810. The fourth-order valence-electron chi connectivity index (χ4n) is 1.82. The summed E-state index contributed by atoms with van der Waals surface area (Å²) in [7, 11) is 0. The first kappa shape index (κ1) is 13.6. The first-order chi connectivity index (χ1) is 9.29. The van der Waals surface area contributed by atoms with Crippen LogP contribution in [0, 0.1) is 0 Å². The zero-order valence-corrected chi connectivity index (χ0v) is 11.1. The lowest BCUT2D eigenvalue weighted by molar-refractivity contribution is -0.133. The highest BCUT2D eigenvalue weighted by Gasteiger charge is 2.16. The van der Waals surface area contributed by atoms with E-state index in [9.17, 15) is 4.79 Å². The van der Waals surface area contributed by atoms with Crippen LogP contribution < -0.4 is 10.1 Å². The number of hydrogen-bond acceptors (Lipinski definition) is 5. The fraction of sp³-hybridized carbons (Fsp3) is 0.538. The van der Waals surface area contributed by atoms with E-state index in [2.05, 4.69) is 10.3 Å². The average molecular weight is 265 g/mol. The highest BCUT2D eigenvalue weighted by atomic mass is 16.5. The van der Waals surface area contributed by atoms with Crippen molar-refractivity contribution in [2.24, 2.45) is 0 Å². The standard InChI is InChI=1S/C13H19N3O3/c1-2-19-12-4-3-11(9-15-12)14-10-13(17)16-5-7-18-8-6-16/h3-4,9,14H,2,5-8,10H2,1H3. The maximum absolute atomic E-state index is 11.9. The molecular weight excluding hydrogens is 246 g/mol. The molecule has 1 amide bonds. The summed E-state index contributed by atoms with van der Waals surface area (Å²) < 4.78 is 10.5. The van der Waals surface area contributed by atoms with Crippen molar-refractivity contribution >= 4 is 11.6 Å². The molecule has 1 aromatic heterocycles. The highest BCUT2D eigenvalue weighted by Crippen LogP contribution is 2.11. The largest absolute Gasteiger partial charge is 0.478 e. The van der Waals surface area contributed by atoms with Crippen LogP contribution in [0.3, 0.4) is 0 Å². The van der Waals surface area contributed by atoms with E-state index in [0.717, 1.165) is 5.69 Å². The van der Waals surface area contributed by atoms with E-state index in [1.54, 1.807) is 17.2 Å². The minimum Gasteiger partial charge on any atom is -0.478 e. The SMILES string of the molecule is CCOc1ccc(NCC(=O)N2CCOCC2)cn1. The third-order valence-electron chi connectivity index (χ3n) is 2.84. The van der Waals surface area contributed by atoms with Crippen molar-refractivity contribution in [2.45, 2.75) is 6.92 Å². The molecule has 6 nitrogen and oxygen atoms in total. The van der Waals surface area contributed by atoms with Crippen LogP contribution in [-0.4, -0.2) is 55.2 Å². The Kier molecular flexibility index (Phi) is 4.97. The Morgan fingerprint density at radius 1 is 1.47 bits per heavy atom. The van der Waals surface area contributed by atoms with Crippen LogP contribution in [-0.2, 0) is 9.53 Å². The van der Waals surface area contributed by atoms with Gasteiger partial charge in [0.15, 0.2) is 0 Å². The maximum atomic E-state index is 11.9. The predicted molar refractivity (Wildman–Crippen MR) is 71.3 cm³/mol. The van der Waals surface area contributed by atoms with E-state index < -0.39 is 0 Å². The number of anilines is 1. The molecule has 0 aliphatic carbocycles. The van der Waals surface area contributed by atoms with Gasteiger partial charge in [-0.25, -0.2) is 4.98 Å². The second kappa shape index (κ2) is 6.94. The number of aromatic nitrogens is 1. The molecule has 2 heterocycles. The molecule has 1 saturated heterocycles. The molecule has 0 unspecified atom stereocenters. The number of carbonyl (C=O) groups excluding carboxylic acids is 1. The summed E-state index contributed by atoms with van der Waals surface area (Å²) >= 11 is 0. The molecule has 1 fully saturated rings. The maximum Gasteiger partial charge on any atom is 0.242 e. The molecule has 0 bridgehead atoms. The van der Waals surface area contributed by atoms with Gasteiger partial charge in [0, 0.05) is 19.2 Å². The van der Waals surface area contributed by atoms with Crippen molar-refractivity contribution < 1.29 is 14.3 Å². The van der Waals surface area contributed by atoms with Gasteiger partial charge in [0.25, 0.3) is 0 Å². The van der Waals surface area contributed by atoms with Gasteiger partial charge in [-0.05, 0) is 13.0 Å². The van der Waals surface area contributed by atoms with E-state index in [1.165, 1.54) is 0 Å². The lowest BCUT2D eigenvalue weighted by Crippen LogP contribution is -2.43. The Bertz CT molecular complexity index is 402. The van der Waals surface area contributed by atoms with E-state index in [1.807, 2.05) is 13.0 Å². The molecule has 1 aliphatic heterocycles. The topological polar surface area (TPSA) is 63.7 Å². The first-order valence-corrected chi connectivity index (χ1v) is 6.48. The Morgan fingerprint density at radius 3 is 2.89 bits per heavy atom. The van der Waals surface area contributed by atoms with Crippen molar-refractivity contribution in [3.05, 3.63) is 18.3 Å². The van der Waals surface area contributed by atoms with Crippen LogP contribution >= 0.6 is 0 Å². The zero-order chi connectivity index (χ0) is 13.5. The Hall–Kier alpha value is -1.82. The Balaban J connectivity index is 1.79. The lowest BCUT2D eigenvalue weighted by Gasteiger charge is -2.27. The molecule has 0 aromatic carbocycles. The second-order valence-corrected chi connectivity index (χ2v) is 4.16. The molecule has 1 aromatic rings. The van der Waals surface area contributed by atoms with Crippen molar-refractivity contribution in [2.75, 3.05) is 44.8 Å². The van der Waals surface area contributed by atoms with Gasteiger partial charge in [-0.1, -0.05) is 0 Å². The Labute approximate surface area is 112 Å². The van der Waals surface area contributed by atoms with Crippen LogP contribution in [0.25, 0.3) is 0 Å². The van der Waals surface area contributed by atoms with Gasteiger partial charge in [-0.3, -0.25) is 4.79 Å². The van der Waals surface area contributed by atoms with Crippen molar-refractivity contribution in [1.29, 1.82) is 0 Å². The van der Waals surface area contributed by atoms with Crippen LogP contribution in [0.1, 0.15) is 6.92 Å². The van der Waals surface area contributed by atoms with Crippen LogP contribution in [0.2, 0.25) is 0 Å². The van der Waals surface area contributed by atoms with E-state index in [-0.39, 0.29) is 12.5 Å². The van der Waals surface area contributed by atoms with Gasteiger partial charge < -0.3 is 19.7 Å². The molecule has 19 heavy (non-hydrogen) atoms. The molecule has 0 saturated carbocycles. The van der Waals surface area contributed by atoms with Crippen molar-refractivity contribution in [3.8, 4) is 5.88 Å². The van der Waals surface area contributed by atoms with Gasteiger partial charge in [0.05, 0.1) is 38.2 Å². The minimum absolute atomic E-state index is 0.0807. The summed E-state index contributed by atoms with van der Waals surface area (Å²) in [6.45, 7) is 5.36. The van der Waals surface area contributed by atoms with Crippen LogP contribution in [0.5, 0.6) is 5.88 Å². The smallest absolute Gasteiger partial charge is 0.242 e. The van der Waals surface area contributed by atoms with Gasteiger partial charge in [-0.15, -0.1) is 0 Å². The first-order valence-electron chi connectivity index (χ1n) is 6.48. The molecular formula is C13H19N3O3. The third-order valence-corrected chi connectivity index (χ3v) is 2.84. The number of nitrogens with one attached hydrogen (secondary N) is 1. The quantitative estimate of drug-likeness (QED) is 0.851. The average Bonchev–Trinajstić information content (AvgIpc) is 2.47. The lowest BCUT2D eigenvalue weighted by atomic mass is 10.3. The molecule has 0 radical (unpaired) electrons. The summed E-state index contributed by atoms with van der Waals surface area (Å²) in [4.78, 5) is 17.8. The molecule has 2 rings (SSSR count). The second-order valence-electron chi connectivity index (χ2n) is 4.16. The molecule has 0 atom stereocenters. The van der Waals surface area contributed by atoms with Gasteiger partial charge in [0.1, 0.15) is 0 Å². The molecule has 104 valence electrons. The Morgan fingerprint density at radius 2 is 2.26 bits per heavy atom. The monoisotopic (exact) mass is 265 g/mol. The van der Waals surface area contributed by atoms with E-state index >= 15 is 0 Å². The normalized spacial score (nSPS) is 15.1. The molecule has 0 spiro atoms. The number of ether oxygens (including phenoxy) is 2.